The molecule has 0 bridgehead atoms. The van der Waals surface area contributed by atoms with Crippen molar-refractivity contribution in [3.8, 4) is 17.0 Å². The van der Waals surface area contributed by atoms with E-state index in [-0.39, 0.29) is 6.04 Å². The van der Waals surface area contributed by atoms with E-state index in [1.54, 1.807) is 11.6 Å². The first-order valence-corrected chi connectivity index (χ1v) is 8.42. The van der Waals surface area contributed by atoms with Gasteiger partial charge in [-0.05, 0) is 13.0 Å². The number of fused-ring (bicyclic) bond motifs is 1. The zero-order chi connectivity index (χ0) is 17.9. The number of nitrogens with one attached hydrogen (secondary N) is 1. The summed E-state index contributed by atoms with van der Waals surface area (Å²) in [6, 6.07) is 20.0. The summed E-state index contributed by atoms with van der Waals surface area (Å²) in [5, 5.41) is 7.80. The molecule has 0 fully saturated rings. The zero-order valence-corrected chi connectivity index (χ0v) is 14.6. The first-order valence-electron chi connectivity index (χ1n) is 8.42. The van der Waals surface area contributed by atoms with Crippen molar-refractivity contribution >= 4 is 11.6 Å². The van der Waals surface area contributed by atoms with Crippen LogP contribution in [-0.2, 0) is 0 Å². The number of nitrogens with zero attached hydrogens (tertiary/aromatic N) is 4. The number of hydrogen-bond donors (Lipinski definition) is 1. The van der Waals surface area contributed by atoms with Crippen LogP contribution in [-0.4, -0.2) is 26.7 Å². The normalized spacial score (nSPS) is 12.1. The van der Waals surface area contributed by atoms with Gasteiger partial charge in [-0.1, -0.05) is 48.5 Å². The Morgan fingerprint density at radius 1 is 1.04 bits per heavy atom. The van der Waals surface area contributed by atoms with Crippen molar-refractivity contribution < 1.29 is 4.74 Å². The molecule has 0 saturated carbocycles. The molecule has 2 aromatic carbocycles. The minimum atomic E-state index is 0.0181. The second-order valence-corrected chi connectivity index (χ2v) is 5.97. The Hall–Kier alpha value is -3.41. The number of ether oxygens (including phenoxy) is 1. The highest BCUT2D eigenvalue weighted by Crippen LogP contribution is 2.29. The molecule has 0 radical (unpaired) electrons. The summed E-state index contributed by atoms with van der Waals surface area (Å²) in [7, 11) is 1.68. The first kappa shape index (κ1) is 16.1. The molecule has 0 amide bonds. The Labute approximate surface area is 151 Å². The molecule has 0 aliphatic carbocycles. The number of hydrogen-bond acceptors (Lipinski definition) is 5. The average molecular weight is 345 g/mol. The van der Waals surface area contributed by atoms with Gasteiger partial charge in [0, 0.05) is 17.2 Å². The predicted octanol–water partition coefficient (Wildman–Crippen LogP) is 3.97. The summed E-state index contributed by atoms with van der Waals surface area (Å²) in [5.41, 5.74) is 2.95. The second-order valence-electron chi connectivity index (χ2n) is 5.97. The van der Waals surface area contributed by atoms with Crippen LogP contribution < -0.4 is 10.1 Å². The smallest absolute Gasteiger partial charge is 0.254 e. The lowest BCUT2D eigenvalue weighted by Gasteiger charge is -2.19. The van der Waals surface area contributed by atoms with Crippen molar-refractivity contribution in [3.63, 3.8) is 0 Å². The van der Waals surface area contributed by atoms with E-state index in [2.05, 4.69) is 27.3 Å². The van der Waals surface area contributed by atoms with Gasteiger partial charge >= 0.3 is 0 Å². The number of methoxy groups -OCH3 is 1. The standard InChI is InChI=1S/C20H19N5O/c1-14(16-10-6-7-11-18(16)26-2)23-19-12-17(15-8-4-3-5-9-15)24-20-21-13-22-25(19)20/h3-14,23H,1-2H3. The molecule has 26 heavy (non-hydrogen) atoms. The van der Waals surface area contributed by atoms with Crippen LogP contribution in [0.15, 0.2) is 67.0 Å². The van der Waals surface area contributed by atoms with Gasteiger partial charge in [-0.15, -0.1) is 0 Å². The Morgan fingerprint density at radius 3 is 2.62 bits per heavy atom. The second kappa shape index (κ2) is 6.84. The van der Waals surface area contributed by atoms with Gasteiger partial charge in [0.2, 0.25) is 0 Å². The molecule has 0 aliphatic rings. The fraction of sp³-hybridized carbons (Fsp3) is 0.150. The highest BCUT2D eigenvalue weighted by atomic mass is 16.5. The van der Waals surface area contributed by atoms with Crippen LogP contribution >= 0.6 is 0 Å². The van der Waals surface area contributed by atoms with Crippen LogP contribution in [0.25, 0.3) is 17.0 Å². The van der Waals surface area contributed by atoms with E-state index in [0.717, 1.165) is 28.4 Å². The molecular weight excluding hydrogens is 326 g/mol. The first-order chi connectivity index (χ1) is 12.8. The summed E-state index contributed by atoms with van der Waals surface area (Å²) >= 11 is 0. The third-order valence-electron chi connectivity index (χ3n) is 4.29. The fourth-order valence-corrected chi connectivity index (χ4v) is 3.00. The summed E-state index contributed by atoms with van der Waals surface area (Å²) in [4.78, 5) is 8.86. The quantitative estimate of drug-likeness (QED) is 0.593. The van der Waals surface area contributed by atoms with E-state index in [1.165, 1.54) is 6.33 Å². The summed E-state index contributed by atoms with van der Waals surface area (Å²) in [5.74, 6) is 2.23. The largest absolute Gasteiger partial charge is 0.496 e. The van der Waals surface area contributed by atoms with E-state index in [4.69, 9.17) is 4.74 Å². The third-order valence-corrected chi connectivity index (χ3v) is 4.29. The Morgan fingerprint density at radius 2 is 1.81 bits per heavy atom. The minimum Gasteiger partial charge on any atom is -0.496 e. The van der Waals surface area contributed by atoms with Crippen LogP contribution in [0, 0.1) is 0 Å². The van der Waals surface area contributed by atoms with Crippen LogP contribution in [0.5, 0.6) is 5.75 Å². The number of aromatic nitrogens is 4. The lowest BCUT2D eigenvalue weighted by atomic mass is 10.1. The Balaban J connectivity index is 1.75. The maximum atomic E-state index is 5.48. The lowest BCUT2D eigenvalue weighted by Crippen LogP contribution is -2.12. The molecular formula is C20H19N5O. The maximum absolute atomic E-state index is 5.48. The van der Waals surface area contributed by atoms with Gasteiger partial charge in [0.25, 0.3) is 5.78 Å². The number of anilines is 1. The number of rotatable bonds is 5. The molecule has 2 aromatic heterocycles. The highest BCUT2D eigenvalue weighted by molar-refractivity contribution is 5.65. The summed E-state index contributed by atoms with van der Waals surface area (Å²) in [6.45, 7) is 2.09. The minimum absolute atomic E-state index is 0.0181. The summed E-state index contributed by atoms with van der Waals surface area (Å²) in [6.07, 6.45) is 1.51. The SMILES string of the molecule is COc1ccccc1C(C)Nc1cc(-c2ccccc2)nc2ncnn12. The van der Waals surface area contributed by atoms with Crippen molar-refractivity contribution in [1.29, 1.82) is 0 Å². The average Bonchev–Trinajstić information content (AvgIpc) is 3.17. The van der Waals surface area contributed by atoms with Gasteiger partial charge in [-0.25, -0.2) is 4.98 Å². The van der Waals surface area contributed by atoms with Crippen molar-refractivity contribution in [2.24, 2.45) is 0 Å². The molecule has 1 unspecified atom stereocenters. The van der Waals surface area contributed by atoms with E-state index in [0.29, 0.717) is 5.78 Å². The van der Waals surface area contributed by atoms with Crippen molar-refractivity contribution in [1.82, 2.24) is 19.6 Å². The molecule has 4 rings (SSSR count). The Kier molecular flexibility index (Phi) is 4.23. The van der Waals surface area contributed by atoms with E-state index in [1.807, 2.05) is 60.7 Å². The highest BCUT2D eigenvalue weighted by Gasteiger charge is 2.15. The van der Waals surface area contributed by atoms with Crippen LogP contribution in [0.1, 0.15) is 18.5 Å². The van der Waals surface area contributed by atoms with Gasteiger partial charge in [0.15, 0.2) is 0 Å². The van der Waals surface area contributed by atoms with Crippen LogP contribution in [0.3, 0.4) is 0 Å². The van der Waals surface area contributed by atoms with Gasteiger partial charge in [0.05, 0.1) is 18.8 Å². The maximum Gasteiger partial charge on any atom is 0.254 e. The Bertz CT molecular complexity index is 1030. The summed E-state index contributed by atoms with van der Waals surface area (Å²) < 4.78 is 7.19. The van der Waals surface area contributed by atoms with Crippen molar-refractivity contribution in [3.05, 3.63) is 72.6 Å². The zero-order valence-electron chi connectivity index (χ0n) is 14.6. The fourth-order valence-electron chi connectivity index (χ4n) is 3.00. The molecule has 0 aliphatic heterocycles. The molecule has 2 heterocycles. The molecule has 0 saturated heterocycles. The third kappa shape index (κ3) is 2.97. The molecule has 6 heteroatoms. The van der Waals surface area contributed by atoms with Gasteiger partial charge in [-0.3, -0.25) is 0 Å². The molecule has 4 aromatic rings. The van der Waals surface area contributed by atoms with Gasteiger partial charge < -0.3 is 10.1 Å². The van der Waals surface area contributed by atoms with E-state index >= 15 is 0 Å². The molecule has 6 nitrogen and oxygen atoms in total. The number of para-hydroxylation sites is 1. The predicted molar refractivity (Wildman–Crippen MR) is 101 cm³/mol. The van der Waals surface area contributed by atoms with Crippen LogP contribution in [0.2, 0.25) is 0 Å². The molecule has 1 atom stereocenters. The van der Waals surface area contributed by atoms with Gasteiger partial charge in [-0.2, -0.15) is 14.6 Å². The molecule has 0 spiro atoms. The molecule has 130 valence electrons. The monoisotopic (exact) mass is 345 g/mol. The van der Waals surface area contributed by atoms with E-state index in [9.17, 15) is 0 Å². The van der Waals surface area contributed by atoms with Crippen molar-refractivity contribution in [2.45, 2.75) is 13.0 Å². The topological polar surface area (TPSA) is 64.3 Å². The van der Waals surface area contributed by atoms with E-state index < -0.39 is 0 Å². The lowest BCUT2D eigenvalue weighted by molar-refractivity contribution is 0.408. The van der Waals surface area contributed by atoms with Crippen molar-refractivity contribution in [2.75, 3.05) is 12.4 Å². The number of benzene rings is 2. The molecule has 1 N–H and O–H groups in total. The van der Waals surface area contributed by atoms with Crippen LogP contribution in [0.4, 0.5) is 5.82 Å². The van der Waals surface area contributed by atoms with Gasteiger partial charge in [0.1, 0.15) is 17.9 Å².